The summed E-state index contributed by atoms with van der Waals surface area (Å²) in [5.41, 5.74) is 0. The number of hydrogen-bond donors (Lipinski definition) is 9. The van der Waals surface area contributed by atoms with Gasteiger partial charge in [0.1, 0.15) is 48.8 Å². The Balaban J connectivity index is 1.89. The minimum atomic E-state index is -1.78. The number of amides is 1. The fraction of sp³-hybridized carbons (Fsp3) is 0.932. The summed E-state index contributed by atoms with van der Waals surface area (Å²) in [6, 6.07) is -0.905. The van der Waals surface area contributed by atoms with Crippen molar-refractivity contribution in [1.29, 1.82) is 0 Å². The van der Waals surface area contributed by atoms with E-state index in [-0.39, 0.29) is 18.9 Å². The average molecular weight is 834 g/mol. The highest BCUT2D eigenvalue weighted by molar-refractivity contribution is 5.76. The minimum Gasteiger partial charge on any atom is -0.394 e. The zero-order chi connectivity index (χ0) is 42.5. The van der Waals surface area contributed by atoms with Gasteiger partial charge in [0.25, 0.3) is 0 Å². The predicted molar refractivity (Wildman–Crippen MR) is 222 cm³/mol. The summed E-state index contributed by atoms with van der Waals surface area (Å²) < 4.78 is 22.6. The lowest BCUT2D eigenvalue weighted by Gasteiger charge is -2.46. The number of aliphatic hydroxyl groups excluding tert-OH is 8. The molecule has 14 nitrogen and oxygen atoms in total. The van der Waals surface area contributed by atoms with Crippen LogP contribution in [0.15, 0.2) is 12.2 Å². The van der Waals surface area contributed by atoms with Crippen molar-refractivity contribution in [2.75, 3.05) is 19.8 Å². The van der Waals surface area contributed by atoms with E-state index in [1.54, 1.807) is 6.08 Å². The Hall–Kier alpha value is -1.27. The third-order valence-electron chi connectivity index (χ3n) is 11.5. The second-order valence-electron chi connectivity index (χ2n) is 16.5. The SMILES string of the molecule is CCCCCCCCCC/C=C/[C@@H](O)[C@H](CO[C@@H]1O[C@H](CO)[C@@H](O[C@@H]2O[C@H](CO)[C@H](O)C(O)C2O)C(O)C1O)NC(=O)CCCCCCCCCCCCCCCC. The smallest absolute Gasteiger partial charge is 0.220 e. The van der Waals surface area contributed by atoms with Crippen LogP contribution < -0.4 is 5.32 Å². The summed E-state index contributed by atoms with van der Waals surface area (Å²) in [4.78, 5) is 13.1. The molecular formula is C44H83NO13. The molecule has 0 spiro atoms. The topological polar surface area (TPSA) is 228 Å². The molecule has 9 N–H and O–H groups in total. The van der Waals surface area contributed by atoms with E-state index >= 15 is 0 Å². The first kappa shape index (κ1) is 52.9. The Morgan fingerprint density at radius 1 is 0.603 bits per heavy atom. The molecule has 0 aromatic carbocycles. The molecule has 4 unspecified atom stereocenters. The van der Waals surface area contributed by atoms with Crippen molar-refractivity contribution in [2.24, 2.45) is 0 Å². The van der Waals surface area contributed by atoms with Crippen LogP contribution in [-0.4, -0.2) is 140 Å². The third-order valence-corrected chi connectivity index (χ3v) is 11.5. The molecule has 2 aliphatic heterocycles. The van der Waals surface area contributed by atoms with Crippen molar-refractivity contribution in [1.82, 2.24) is 5.32 Å². The van der Waals surface area contributed by atoms with Crippen LogP contribution in [0, 0.1) is 0 Å². The molecule has 0 saturated carbocycles. The Kier molecular flexibility index (Phi) is 29.6. The minimum absolute atomic E-state index is 0.241. The molecule has 2 rings (SSSR count). The van der Waals surface area contributed by atoms with Gasteiger partial charge in [-0.1, -0.05) is 154 Å². The van der Waals surface area contributed by atoms with E-state index in [1.807, 2.05) is 6.08 Å². The van der Waals surface area contributed by atoms with Gasteiger partial charge in [0.15, 0.2) is 12.6 Å². The summed E-state index contributed by atoms with van der Waals surface area (Å²) in [5.74, 6) is -0.241. The van der Waals surface area contributed by atoms with Crippen molar-refractivity contribution in [3.05, 3.63) is 12.2 Å². The number of unbranched alkanes of at least 4 members (excludes halogenated alkanes) is 21. The van der Waals surface area contributed by atoms with Crippen LogP contribution in [0.5, 0.6) is 0 Å². The molecule has 0 radical (unpaired) electrons. The zero-order valence-electron chi connectivity index (χ0n) is 35.8. The van der Waals surface area contributed by atoms with Gasteiger partial charge in [-0.15, -0.1) is 0 Å². The molecule has 0 aliphatic carbocycles. The van der Waals surface area contributed by atoms with Gasteiger partial charge in [-0.3, -0.25) is 4.79 Å². The number of carbonyl (C=O) groups excluding carboxylic acids is 1. The van der Waals surface area contributed by atoms with Gasteiger partial charge in [-0.05, 0) is 19.3 Å². The van der Waals surface area contributed by atoms with Gasteiger partial charge in [0, 0.05) is 6.42 Å². The zero-order valence-corrected chi connectivity index (χ0v) is 35.8. The molecule has 0 bridgehead atoms. The van der Waals surface area contributed by atoms with Gasteiger partial charge in [-0.25, -0.2) is 0 Å². The second-order valence-corrected chi connectivity index (χ2v) is 16.5. The van der Waals surface area contributed by atoms with E-state index in [2.05, 4.69) is 19.2 Å². The molecule has 12 atom stereocenters. The molecule has 2 heterocycles. The highest BCUT2D eigenvalue weighted by Gasteiger charge is 2.50. The highest BCUT2D eigenvalue weighted by atomic mass is 16.7. The van der Waals surface area contributed by atoms with E-state index in [0.717, 1.165) is 38.5 Å². The summed E-state index contributed by atoms with van der Waals surface area (Å²) in [6.07, 6.45) is 14.1. The summed E-state index contributed by atoms with van der Waals surface area (Å²) in [5, 5.41) is 86.3. The first-order valence-corrected chi connectivity index (χ1v) is 22.9. The maximum Gasteiger partial charge on any atom is 0.220 e. The van der Waals surface area contributed by atoms with Gasteiger partial charge in [0.05, 0.1) is 32.0 Å². The number of allylic oxidation sites excluding steroid dienone is 1. The van der Waals surface area contributed by atoms with Crippen LogP contribution in [-0.2, 0) is 23.7 Å². The standard InChI is InChI=1S/C44H83NO13/c1-3-5-7-9-11-13-15-16-17-18-20-22-24-26-28-36(49)45-32(33(48)27-25-23-21-19-14-12-10-8-6-4-2)31-55-43-41(54)39(52)42(35(30-47)57-43)58-44-40(53)38(51)37(50)34(29-46)56-44/h25,27,32-35,37-44,46-48,50-54H,3-24,26,28-31H2,1-2H3,(H,45,49)/b27-25+/t32-,33+,34+,35+,37-,38?,39?,40?,41?,42+,43+,44-/m0/s1. The van der Waals surface area contributed by atoms with Gasteiger partial charge < -0.3 is 65.1 Å². The molecule has 342 valence electrons. The van der Waals surface area contributed by atoms with Crippen LogP contribution in [0.3, 0.4) is 0 Å². The summed E-state index contributed by atoms with van der Waals surface area (Å²) >= 11 is 0. The molecule has 0 aromatic heterocycles. The normalized spacial score (nSPS) is 28.9. The van der Waals surface area contributed by atoms with Crippen LogP contribution in [0.4, 0.5) is 0 Å². The lowest BCUT2D eigenvalue weighted by molar-refractivity contribution is -0.359. The Labute approximate surface area is 348 Å². The second kappa shape index (κ2) is 32.4. The monoisotopic (exact) mass is 834 g/mol. The van der Waals surface area contributed by atoms with Crippen molar-refractivity contribution in [3.8, 4) is 0 Å². The van der Waals surface area contributed by atoms with E-state index in [0.29, 0.717) is 6.42 Å². The van der Waals surface area contributed by atoms with E-state index in [1.165, 1.54) is 103 Å². The van der Waals surface area contributed by atoms with Crippen molar-refractivity contribution in [3.63, 3.8) is 0 Å². The van der Waals surface area contributed by atoms with Crippen molar-refractivity contribution < 1.29 is 64.6 Å². The van der Waals surface area contributed by atoms with Crippen LogP contribution in [0.2, 0.25) is 0 Å². The third kappa shape index (κ3) is 20.5. The number of rotatable bonds is 34. The van der Waals surface area contributed by atoms with Gasteiger partial charge in [0.2, 0.25) is 5.91 Å². The van der Waals surface area contributed by atoms with Crippen LogP contribution in [0.1, 0.15) is 168 Å². The Morgan fingerprint density at radius 2 is 1.07 bits per heavy atom. The predicted octanol–water partition coefficient (Wildman–Crippen LogP) is 4.43. The number of aliphatic hydroxyl groups is 8. The van der Waals surface area contributed by atoms with E-state index in [9.17, 15) is 45.6 Å². The highest BCUT2D eigenvalue weighted by Crippen LogP contribution is 2.30. The maximum absolute atomic E-state index is 13.1. The number of hydrogen-bond acceptors (Lipinski definition) is 13. The van der Waals surface area contributed by atoms with Crippen molar-refractivity contribution in [2.45, 2.75) is 242 Å². The Morgan fingerprint density at radius 3 is 1.59 bits per heavy atom. The van der Waals surface area contributed by atoms with Crippen molar-refractivity contribution >= 4 is 5.91 Å². The average Bonchev–Trinajstić information content (AvgIpc) is 3.22. The quantitative estimate of drug-likeness (QED) is 0.0324. The lowest BCUT2D eigenvalue weighted by Crippen LogP contribution is -2.65. The fourth-order valence-corrected chi connectivity index (χ4v) is 7.64. The molecule has 58 heavy (non-hydrogen) atoms. The van der Waals surface area contributed by atoms with Crippen LogP contribution in [0.25, 0.3) is 0 Å². The molecule has 0 aromatic rings. The van der Waals surface area contributed by atoms with E-state index < -0.39 is 86.8 Å². The number of ether oxygens (including phenoxy) is 4. The molecule has 1 amide bonds. The first-order chi connectivity index (χ1) is 28.1. The summed E-state index contributed by atoms with van der Waals surface area (Å²) in [7, 11) is 0. The largest absolute Gasteiger partial charge is 0.394 e. The molecular weight excluding hydrogens is 750 g/mol. The van der Waals surface area contributed by atoms with E-state index in [4.69, 9.17) is 18.9 Å². The van der Waals surface area contributed by atoms with Gasteiger partial charge >= 0.3 is 0 Å². The maximum atomic E-state index is 13.1. The van der Waals surface area contributed by atoms with Gasteiger partial charge in [-0.2, -0.15) is 0 Å². The Bertz CT molecular complexity index is 1040. The fourth-order valence-electron chi connectivity index (χ4n) is 7.64. The number of carbonyl (C=O) groups is 1. The molecule has 2 fully saturated rings. The lowest BCUT2D eigenvalue weighted by atomic mass is 9.97. The number of nitrogens with one attached hydrogen (secondary N) is 1. The first-order valence-electron chi connectivity index (χ1n) is 22.9. The van der Waals surface area contributed by atoms with Crippen LogP contribution >= 0.6 is 0 Å². The summed E-state index contributed by atoms with van der Waals surface area (Å²) in [6.45, 7) is 2.74. The molecule has 2 aliphatic rings. The molecule has 14 heteroatoms. The molecule has 2 saturated heterocycles.